The molecule has 2 heterocycles. The largest absolute Gasteiger partial charge is 0.476 e. The van der Waals surface area contributed by atoms with Crippen LogP contribution in [0, 0.1) is 22.7 Å². The molecular formula is C40H28N2O2. The van der Waals surface area contributed by atoms with Gasteiger partial charge in [-0.25, -0.2) is 0 Å². The number of rotatable bonds is 6. The average Bonchev–Trinajstić information content (AvgIpc) is 3.71. The van der Waals surface area contributed by atoms with E-state index in [1.165, 1.54) is 0 Å². The minimum atomic E-state index is -0.808. The summed E-state index contributed by atoms with van der Waals surface area (Å²) < 4.78 is 13.7. The van der Waals surface area contributed by atoms with Crippen LogP contribution in [0.25, 0.3) is 11.5 Å². The number of ether oxygens (including phenoxy) is 2. The van der Waals surface area contributed by atoms with Gasteiger partial charge in [-0.3, -0.25) is 0 Å². The highest BCUT2D eigenvalue weighted by Gasteiger charge is 2.46. The summed E-state index contributed by atoms with van der Waals surface area (Å²) in [6.07, 6.45) is 0.857. The first-order chi connectivity index (χ1) is 21.7. The number of nitriles is 2. The van der Waals surface area contributed by atoms with E-state index in [1.807, 2.05) is 146 Å². The Hall–Kier alpha value is -5.84. The fourth-order valence-electron chi connectivity index (χ4n) is 6.43. The van der Waals surface area contributed by atoms with E-state index in [4.69, 9.17) is 9.47 Å². The topological polar surface area (TPSA) is 66.0 Å². The first-order valence-corrected chi connectivity index (χ1v) is 14.6. The third-order valence-corrected chi connectivity index (χ3v) is 8.59. The highest BCUT2D eigenvalue weighted by Crippen LogP contribution is 2.51. The second-order valence-electron chi connectivity index (χ2n) is 11.1. The molecule has 0 N–H and O–H groups in total. The van der Waals surface area contributed by atoms with Crippen molar-refractivity contribution in [3.05, 3.63) is 190 Å². The second-order valence-corrected chi connectivity index (χ2v) is 11.1. The van der Waals surface area contributed by atoms with Gasteiger partial charge in [0.25, 0.3) is 0 Å². The molecule has 0 aliphatic carbocycles. The van der Waals surface area contributed by atoms with Gasteiger partial charge >= 0.3 is 0 Å². The lowest BCUT2D eigenvalue weighted by Crippen LogP contribution is -2.27. The Bertz CT molecular complexity index is 1720. The molecular weight excluding hydrogens is 540 g/mol. The van der Waals surface area contributed by atoms with E-state index in [9.17, 15) is 10.5 Å². The average molecular weight is 569 g/mol. The molecule has 0 saturated carbocycles. The maximum Gasteiger partial charge on any atom is 0.164 e. The molecule has 5 aromatic rings. The van der Waals surface area contributed by atoms with Gasteiger partial charge in [0.2, 0.25) is 0 Å². The lowest BCUT2D eigenvalue weighted by Gasteiger charge is -2.31. The van der Waals surface area contributed by atoms with Crippen molar-refractivity contribution < 1.29 is 9.47 Å². The van der Waals surface area contributed by atoms with E-state index in [0.717, 1.165) is 33.4 Å². The minimum absolute atomic E-state index is 0.429. The molecule has 5 aromatic carbocycles. The van der Waals surface area contributed by atoms with Crippen LogP contribution in [-0.2, 0) is 20.7 Å². The Balaban J connectivity index is 1.25. The number of benzene rings is 5. The van der Waals surface area contributed by atoms with E-state index in [2.05, 4.69) is 12.1 Å². The van der Waals surface area contributed by atoms with E-state index >= 15 is 0 Å². The monoisotopic (exact) mass is 568 g/mol. The van der Waals surface area contributed by atoms with Crippen molar-refractivity contribution in [2.45, 2.75) is 24.0 Å². The van der Waals surface area contributed by atoms with Gasteiger partial charge in [0.15, 0.2) is 11.2 Å². The highest BCUT2D eigenvalue weighted by molar-refractivity contribution is 5.75. The Morgan fingerprint density at radius 1 is 0.409 bits per heavy atom. The van der Waals surface area contributed by atoms with Crippen LogP contribution >= 0.6 is 0 Å². The van der Waals surface area contributed by atoms with Crippen molar-refractivity contribution >= 4 is 11.5 Å². The van der Waals surface area contributed by atoms with Crippen LogP contribution in [0.3, 0.4) is 0 Å². The van der Waals surface area contributed by atoms with Gasteiger partial charge in [0.05, 0.1) is 23.3 Å². The number of hydrogen-bond acceptors (Lipinski definition) is 4. The SMILES string of the molecule is N#CC1=C(c2ccc(C3=C(C#N)CC(c4ccccc4)(c4ccccc4)O3)cc2)OC(c2ccccc2)(c2ccccc2)C1. The van der Waals surface area contributed by atoms with E-state index < -0.39 is 11.2 Å². The summed E-state index contributed by atoms with van der Waals surface area (Å²) in [4.78, 5) is 0. The zero-order chi connectivity index (χ0) is 30.0. The van der Waals surface area contributed by atoms with Gasteiger partial charge in [0.1, 0.15) is 11.5 Å². The van der Waals surface area contributed by atoms with Gasteiger partial charge in [-0.05, 0) is 0 Å². The molecule has 0 bridgehead atoms. The van der Waals surface area contributed by atoms with Crippen molar-refractivity contribution in [2.24, 2.45) is 0 Å². The summed E-state index contributed by atoms with van der Waals surface area (Å²) in [5.74, 6) is 1.13. The minimum Gasteiger partial charge on any atom is -0.476 e. The molecule has 2 aliphatic heterocycles. The Morgan fingerprint density at radius 2 is 0.682 bits per heavy atom. The Labute approximate surface area is 257 Å². The lowest BCUT2D eigenvalue weighted by atomic mass is 9.82. The van der Waals surface area contributed by atoms with E-state index in [1.54, 1.807) is 0 Å². The summed E-state index contributed by atoms with van der Waals surface area (Å²) in [7, 11) is 0. The molecule has 44 heavy (non-hydrogen) atoms. The maximum atomic E-state index is 10.2. The maximum absolute atomic E-state index is 10.2. The van der Waals surface area contributed by atoms with Crippen LogP contribution < -0.4 is 0 Å². The summed E-state index contributed by atoms with van der Waals surface area (Å²) in [5, 5.41) is 20.5. The summed E-state index contributed by atoms with van der Waals surface area (Å²) in [6, 6.07) is 52.9. The molecule has 0 aromatic heterocycles. The normalized spacial score (nSPS) is 16.5. The van der Waals surface area contributed by atoms with Crippen molar-refractivity contribution in [3.63, 3.8) is 0 Å². The molecule has 210 valence electrons. The van der Waals surface area contributed by atoms with Crippen LogP contribution in [0.15, 0.2) is 157 Å². The fourth-order valence-corrected chi connectivity index (χ4v) is 6.43. The van der Waals surface area contributed by atoms with Gasteiger partial charge in [-0.15, -0.1) is 0 Å². The van der Waals surface area contributed by atoms with Crippen molar-refractivity contribution in [1.82, 2.24) is 0 Å². The number of hydrogen-bond donors (Lipinski definition) is 0. The third kappa shape index (κ3) is 4.46. The summed E-state index contributed by atoms with van der Waals surface area (Å²) >= 11 is 0. The first-order valence-electron chi connectivity index (χ1n) is 14.6. The van der Waals surface area contributed by atoms with Crippen LogP contribution in [0.5, 0.6) is 0 Å². The molecule has 4 heteroatoms. The van der Waals surface area contributed by atoms with Gasteiger partial charge in [-0.1, -0.05) is 146 Å². The van der Waals surface area contributed by atoms with Crippen LogP contribution in [0.1, 0.15) is 46.2 Å². The molecule has 4 nitrogen and oxygen atoms in total. The molecule has 2 aliphatic rings. The predicted octanol–water partition coefficient (Wildman–Crippen LogP) is 8.88. The van der Waals surface area contributed by atoms with E-state index in [-0.39, 0.29) is 0 Å². The first kappa shape index (κ1) is 27.0. The third-order valence-electron chi connectivity index (χ3n) is 8.59. The zero-order valence-electron chi connectivity index (χ0n) is 24.0. The molecule has 0 unspecified atom stereocenters. The van der Waals surface area contributed by atoms with Gasteiger partial charge < -0.3 is 9.47 Å². The zero-order valence-corrected chi connectivity index (χ0v) is 24.0. The summed E-state index contributed by atoms with van der Waals surface area (Å²) in [6.45, 7) is 0. The molecule has 0 atom stereocenters. The van der Waals surface area contributed by atoms with Crippen molar-refractivity contribution in [2.75, 3.05) is 0 Å². The van der Waals surface area contributed by atoms with Crippen molar-refractivity contribution in [1.29, 1.82) is 10.5 Å². The van der Waals surface area contributed by atoms with Crippen molar-refractivity contribution in [3.8, 4) is 12.1 Å². The number of nitrogens with zero attached hydrogens (tertiary/aromatic N) is 2. The standard InChI is InChI=1S/C40H28N2O2/c41-27-31-25-39(33-13-5-1-6-14-33,34-15-7-2-8-16-34)43-37(31)29-21-23-30(24-22-29)38-32(28-42)26-40(44-38,35-17-9-3-10-18-35)36-19-11-4-12-20-36/h1-24H,25-26H2. The van der Waals surface area contributed by atoms with E-state index in [0.29, 0.717) is 35.5 Å². The lowest BCUT2D eigenvalue weighted by molar-refractivity contribution is 0.1000. The Morgan fingerprint density at radius 3 is 0.932 bits per heavy atom. The highest BCUT2D eigenvalue weighted by atomic mass is 16.5. The fraction of sp³-hybridized carbons (Fsp3) is 0.100. The molecule has 0 saturated heterocycles. The molecule has 0 spiro atoms. The molecule has 0 amide bonds. The second kappa shape index (κ2) is 11.1. The van der Waals surface area contributed by atoms with Crippen LogP contribution in [0.2, 0.25) is 0 Å². The smallest absolute Gasteiger partial charge is 0.164 e. The van der Waals surface area contributed by atoms with Gasteiger partial charge in [-0.2, -0.15) is 10.5 Å². The predicted molar refractivity (Wildman–Crippen MR) is 170 cm³/mol. The Kier molecular flexibility index (Phi) is 6.82. The quantitative estimate of drug-likeness (QED) is 0.205. The molecule has 7 rings (SSSR count). The van der Waals surface area contributed by atoms with Gasteiger partial charge in [0, 0.05) is 46.2 Å². The van der Waals surface area contributed by atoms with Crippen LogP contribution in [-0.4, -0.2) is 0 Å². The molecule has 0 fully saturated rings. The van der Waals surface area contributed by atoms with Crippen LogP contribution in [0.4, 0.5) is 0 Å². The summed E-state index contributed by atoms with van der Waals surface area (Å²) in [5.41, 5.74) is 5.13. The molecule has 0 radical (unpaired) electrons.